The molecule has 0 spiro atoms. The molecule has 1 saturated carbocycles. The Morgan fingerprint density at radius 1 is 1.27 bits per heavy atom. The molecule has 5 nitrogen and oxygen atoms in total. The van der Waals surface area contributed by atoms with Crippen LogP contribution in [-0.4, -0.2) is 26.1 Å². The first kappa shape index (κ1) is 13.5. The molecule has 0 aliphatic heterocycles. The van der Waals surface area contributed by atoms with Crippen molar-refractivity contribution in [1.29, 1.82) is 0 Å². The summed E-state index contributed by atoms with van der Waals surface area (Å²) < 4.78 is 1.96. The van der Waals surface area contributed by atoms with Crippen LogP contribution in [0.25, 0.3) is 0 Å². The second-order valence-electron chi connectivity index (χ2n) is 6.45. The maximum Gasteiger partial charge on any atom is 0.303 e. The monoisotopic (exact) mass is 297 g/mol. The molecule has 5 heteroatoms. The van der Waals surface area contributed by atoms with E-state index in [9.17, 15) is 9.90 Å². The van der Waals surface area contributed by atoms with Crippen molar-refractivity contribution in [2.75, 3.05) is 0 Å². The lowest BCUT2D eigenvalue weighted by molar-refractivity contribution is -0.137. The number of benzene rings is 1. The summed E-state index contributed by atoms with van der Waals surface area (Å²) in [5, 5.41) is 17.3. The van der Waals surface area contributed by atoms with Gasteiger partial charge in [0, 0.05) is 6.20 Å². The molecule has 1 aromatic heterocycles. The minimum Gasteiger partial charge on any atom is -0.481 e. The Morgan fingerprint density at radius 3 is 2.82 bits per heavy atom. The van der Waals surface area contributed by atoms with E-state index < -0.39 is 5.97 Å². The van der Waals surface area contributed by atoms with Crippen LogP contribution in [0.15, 0.2) is 36.7 Å². The minimum atomic E-state index is -0.696. The van der Waals surface area contributed by atoms with E-state index in [1.165, 1.54) is 11.1 Å². The lowest BCUT2D eigenvalue weighted by atomic mass is 9.73. The maximum absolute atomic E-state index is 11.3. The fourth-order valence-corrected chi connectivity index (χ4v) is 4.53. The smallest absolute Gasteiger partial charge is 0.303 e. The molecular weight excluding hydrogens is 278 g/mol. The average molecular weight is 297 g/mol. The zero-order valence-electron chi connectivity index (χ0n) is 12.3. The number of rotatable bonds is 3. The molecule has 0 amide bonds. The summed E-state index contributed by atoms with van der Waals surface area (Å²) in [6.07, 6.45) is 7.03. The van der Waals surface area contributed by atoms with Crippen LogP contribution in [0.4, 0.5) is 0 Å². The predicted molar refractivity (Wildman–Crippen MR) is 80.6 cm³/mol. The zero-order valence-corrected chi connectivity index (χ0v) is 12.3. The SMILES string of the molecule is O=C(O)CC1c2ccccc2C2CC(n3ccnn3)CCC12. The van der Waals surface area contributed by atoms with Crippen molar-refractivity contribution in [3.63, 3.8) is 0 Å². The second-order valence-corrected chi connectivity index (χ2v) is 6.45. The lowest BCUT2D eigenvalue weighted by Crippen LogP contribution is -2.25. The fourth-order valence-electron chi connectivity index (χ4n) is 4.53. The average Bonchev–Trinajstić information content (AvgIpc) is 3.15. The summed E-state index contributed by atoms with van der Waals surface area (Å²) in [7, 11) is 0. The van der Waals surface area contributed by atoms with Gasteiger partial charge in [-0.15, -0.1) is 5.10 Å². The molecule has 22 heavy (non-hydrogen) atoms. The standard InChI is InChI=1S/C17H19N3O2/c21-17(22)10-16-13-4-2-1-3-12(13)15-9-11(5-6-14(15)16)20-8-7-18-19-20/h1-4,7-8,11,14-16H,5-6,9-10H2,(H,21,22). The number of carbonyl (C=O) groups is 1. The Balaban J connectivity index is 1.66. The summed E-state index contributed by atoms with van der Waals surface area (Å²) in [4.78, 5) is 11.3. The molecule has 1 N–H and O–H groups in total. The Labute approximate surface area is 129 Å². The van der Waals surface area contributed by atoms with Crippen molar-refractivity contribution in [3.05, 3.63) is 47.8 Å². The number of hydrogen-bond donors (Lipinski definition) is 1. The van der Waals surface area contributed by atoms with Gasteiger partial charge < -0.3 is 5.11 Å². The van der Waals surface area contributed by atoms with Gasteiger partial charge in [-0.25, -0.2) is 4.68 Å². The maximum atomic E-state index is 11.3. The van der Waals surface area contributed by atoms with Crippen LogP contribution in [-0.2, 0) is 4.79 Å². The minimum absolute atomic E-state index is 0.162. The molecule has 0 saturated heterocycles. The highest BCUT2D eigenvalue weighted by Crippen LogP contribution is 2.56. The highest BCUT2D eigenvalue weighted by atomic mass is 16.4. The van der Waals surface area contributed by atoms with Crippen molar-refractivity contribution in [1.82, 2.24) is 15.0 Å². The summed E-state index contributed by atoms with van der Waals surface area (Å²) in [6, 6.07) is 8.77. The predicted octanol–water partition coefficient (Wildman–Crippen LogP) is 2.98. The number of aromatic nitrogens is 3. The van der Waals surface area contributed by atoms with E-state index in [4.69, 9.17) is 0 Å². The third-order valence-corrected chi connectivity index (χ3v) is 5.40. The van der Waals surface area contributed by atoms with Crippen molar-refractivity contribution in [2.45, 2.75) is 43.6 Å². The van der Waals surface area contributed by atoms with Gasteiger partial charge >= 0.3 is 5.97 Å². The Hall–Kier alpha value is -2.17. The Kier molecular flexibility index (Phi) is 3.21. The molecule has 2 aromatic rings. The van der Waals surface area contributed by atoms with E-state index in [2.05, 4.69) is 28.5 Å². The van der Waals surface area contributed by atoms with Gasteiger partial charge in [-0.3, -0.25) is 4.79 Å². The quantitative estimate of drug-likeness (QED) is 0.945. The largest absolute Gasteiger partial charge is 0.481 e. The van der Waals surface area contributed by atoms with Crippen LogP contribution >= 0.6 is 0 Å². The van der Waals surface area contributed by atoms with Gasteiger partial charge in [0.2, 0.25) is 0 Å². The third kappa shape index (κ3) is 2.12. The van der Waals surface area contributed by atoms with Crippen LogP contribution in [0.3, 0.4) is 0 Å². The van der Waals surface area contributed by atoms with Gasteiger partial charge in [-0.05, 0) is 48.1 Å². The highest BCUT2D eigenvalue weighted by molar-refractivity contribution is 5.68. The number of aliphatic carboxylic acids is 1. The van der Waals surface area contributed by atoms with Gasteiger partial charge in [0.1, 0.15) is 0 Å². The van der Waals surface area contributed by atoms with Crippen LogP contribution in [0, 0.1) is 5.92 Å². The van der Waals surface area contributed by atoms with Crippen LogP contribution in [0.5, 0.6) is 0 Å². The molecule has 1 heterocycles. The number of carboxylic acid groups (broad SMARTS) is 1. The molecule has 4 rings (SSSR count). The highest BCUT2D eigenvalue weighted by Gasteiger charge is 2.44. The molecule has 1 aromatic carbocycles. The number of nitrogens with zero attached hydrogens (tertiary/aromatic N) is 3. The van der Waals surface area contributed by atoms with Gasteiger partial charge in [-0.1, -0.05) is 29.5 Å². The van der Waals surface area contributed by atoms with Crippen LogP contribution in [0.1, 0.15) is 54.7 Å². The van der Waals surface area contributed by atoms with Crippen molar-refractivity contribution in [2.24, 2.45) is 5.92 Å². The fraction of sp³-hybridized carbons (Fsp3) is 0.471. The van der Waals surface area contributed by atoms with E-state index in [0.29, 0.717) is 17.9 Å². The van der Waals surface area contributed by atoms with Gasteiger partial charge in [0.15, 0.2) is 0 Å². The molecular formula is C17H19N3O2. The molecule has 4 atom stereocenters. The molecule has 114 valence electrons. The first-order valence-electron chi connectivity index (χ1n) is 7.90. The van der Waals surface area contributed by atoms with Gasteiger partial charge in [0.25, 0.3) is 0 Å². The zero-order chi connectivity index (χ0) is 15.1. The number of hydrogen-bond acceptors (Lipinski definition) is 3. The first-order chi connectivity index (χ1) is 10.7. The van der Waals surface area contributed by atoms with Gasteiger partial charge in [0.05, 0.1) is 18.7 Å². The molecule has 1 fully saturated rings. The molecule has 0 radical (unpaired) electrons. The van der Waals surface area contributed by atoms with Crippen molar-refractivity contribution < 1.29 is 9.90 Å². The van der Waals surface area contributed by atoms with Crippen LogP contribution in [0.2, 0.25) is 0 Å². The number of fused-ring (bicyclic) bond motifs is 3. The summed E-state index contributed by atoms with van der Waals surface area (Å²) >= 11 is 0. The number of carboxylic acids is 1. The second kappa shape index (κ2) is 5.23. The van der Waals surface area contributed by atoms with E-state index in [1.54, 1.807) is 6.20 Å². The molecule has 4 unspecified atom stereocenters. The van der Waals surface area contributed by atoms with E-state index in [1.807, 2.05) is 16.9 Å². The Bertz CT molecular complexity index is 683. The normalized spacial score (nSPS) is 29.8. The summed E-state index contributed by atoms with van der Waals surface area (Å²) in [6.45, 7) is 0. The summed E-state index contributed by atoms with van der Waals surface area (Å²) in [5.74, 6) is 0.367. The van der Waals surface area contributed by atoms with E-state index in [0.717, 1.165) is 19.3 Å². The van der Waals surface area contributed by atoms with Gasteiger partial charge in [-0.2, -0.15) is 0 Å². The molecule has 2 aliphatic carbocycles. The van der Waals surface area contributed by atoms with E-state index >= 15 is 0 Å². The topological polar surface area (TPSA) is 68.0 Å². The summed E-state index contributed by atoms with van der Waals surface area (Å²) in [5.41, 5.74) is 2.60. The van der Waals surface area contributed by atoms with E-state index in [-0.39, 0.29) is 12.3 Å². The van der Waals surface area contributed by atoms with Crippen molar-refractivity contribution in [3.8, 4) is 0 Å². The molecule has 0 bridgehead atoms. The Morgan fingerprint density at radius 2 is 2.09 bits per heavy atom. The molecule has 2 aliphatic rings. The van der Waals surface area contributed by atoms with Crippen molar-refractivity contribution >= 4 is 5.97 Å². The lowest BCUT2D eigenvalue weighted by Gasteiger charge is -2.34. The van der Waals surface area contributed by atoms with Crippen LogP contribution < -0.4 is 0 Å². The first-order valence-corrected chi connectivity index (χ1v) is 7.90. The third-order valence-electron chi connectivity index (χ3n) is 5.40.